The molecule has 148 valence electrons. The van der Waals surface area contributed by atoms with Crippen molar-refractivity contribution in [2.24, 2.45) is 7.05 Å². The van der Waals surface area contributed by atoms with Crippen molar-refractivity contribution >= 4 is 10.0 Å². The van der Waals surface area contributed by atoms with E-state index in [1.165, 1.54) is 4.31 Å². The maximum atomic E-state index is 13.2. The van der Waals surface area contributed by atoms with Crippen molar-refractivity contribution in [1.82, 2.24) is 24.2 Å². The molecule has 1 aliphatic rings. The number of morpholine rings is 1. The molecule has 0 radical (unpaired) electrons. The average Bonchev–Trinajstić information content (AvgIpc) is 3.37. The van der Waals surface area contributed by atoms with Gasteiger partial charge in [0.15, 0.2) is 5.82 Å². The van der Waals surface area contributed by atoms with Gasteiger partial charge in [-0.05, 0) is 24.1 Å². The van der Waals surface area contributed by atoms with Gasteiger partial charge >= 0.3 is 0 Å². The van der Waals surface area contributed by atoms with E-state index in [1.54, 1.807) is 36.3 Å². The fourth-order valence-corrected chi connectivity index (χ4v) is 4.69. The SMILES string of the molecule is CCc1ccc(S(=O)(=O)N2CCOC[C@H]2c2noc(-c3cnn(C)c3)n2)cc1. The molecular formula is C18H21N5O4S. The smallest absolute Gasteiger partial charge is 0.261 e. The Hall–Kier alpha value is -2.56. The topological polar surface area (TPSA) is 103 Å². The second kappa shape index (κ2) is 7.46. The van der Waals surface area contributed by atoms with Crippen LogP contribution >= 0.6 is 0 Å². The molecule has 4 rings (SSSR count). The van der Waals surface area contributed by atoms with Crippen LogP contribution in [-0.2, 0) is 28.2 Å². The summed E-state index contributed by atoms with van der Waals surface area (Å²) in [6.07, 6.45) is 4.21. The zero-order chi connectivity index (χ0) is 19.7. The van der Waals surface area contributed by atoms with Crippen LogP contribution in [0.15, 0.2) is 46.1 Å². The fourth-order valence-electron chi connectivity index (χ4n) is 3.13. The number of aryl methyl sites for hydroxylation is 2. The lowest BCUT2D eigenvalue weighted by Crippen LogP contribution is -2.43. The highest BCUT2D eigenvalue weighted by atomic mass is 32.2. The first-order chi connectivity index (χ1) is 13.5. The quantitative estimate of drug-likeness (QED) is 0.640. The van der Waals surface area contributed by atoms with Gasteiger partial charge in [0, 0.05) is 19.8 Å². The molecule has 0 bridgehead atoms. The largest absolute Gasteiger partial charge is 0.378 e. The molecule has 3 heterocycles. The van der Waals surface area contributed by atoms with E-state index < -0.39 is 16.1 Å². The molecule has 1 saturated heterocycles. The van der Waals surface area contributed by atoms with Crippen molar-refractivity contribution in [3.8, 4) is 11.5 Å². The number of aromatic nitrogens is 4. The molecule has 0 aliphatic carbocycles. The van der Waals surface area contributed by atoms with Gasteiger partial charge < -0.3 is 9.26 Å². The second-order valence-electron chi connectivity index (χ2n) is 6.56. The molecule has 2 aromatic heterocycles. The van der Waals surface area contributed by atoms with Gasteiger partial charge in [0.2, 0.25) is 10.0 Å². The monoisotopic (exact) mass is 403 g/mol. The van der Waals surface area contributed by atoms with Crippen LogP contribution in [0.4, 0.5) is 0 Å². The molecule has 3 aromatic rings. The lowest BCUT2D eigenvalue weighted by molar-refractivity contribution is 0.0282. The number of sulfonamides is 1. The first-order valence-corrected chi connectivity index (χ1v) is 10.4. The molecule has 0 N–H and O–H groups in total. The molecule has 1 aliphatic heterocycles. The molecule has 28 heavy (non-hydrogen) atoms. The number of ether oxygens (including phenoxy) is 1. The summed E-state index contributed by atoms with van der Waals surface area (Å²) in [5.41, 5.74) is 1.75. The Bertz CT molecular complexity index is 1060. The minimum Gasteiger partial charge on any atom is -0.378 e. The third-order valence-electron chi connectivity index (χ3n) is 4.71. The Morgan fingerprint density at radius 3 is 2.71 bits per heavy atom. The Balaban J connectivity index is 1.65. The molecule has 9 nitrogen and oxygen atoms in total. The molecule has 1 atom stereocenters. The minimum absolute atomic E-state index is 0.165. The standard InChI is InChI=1S/C18H21N5O4S/c1-3-13-4-6-15(7-5-13)28(24,25)23-8-9-26-12-16(23)17-20-18(27-21-17)14-10-19-22(2)11-14/h4-7,10-11,16H,3,8-9,12H2,1-2H3/t16-/m0/s1. The molecular weight excluding hydrogens is 382 g/mol. The van der Waals surface area contributed by atoms with E-state index in [9.17, 15) is 8.42 Å². The van der Waals surface area contributed by atoms with Crippen molar-refractivity contribution in [3.63, 3.8) is 0 Å². The van der Waals surface area contributed by atoms with Crippen molar-refractivity contribution in [1.29, 1.82) is 0 Å². The van der Waals surface area contributed by atoms with E-state index in [0.29, 0.717) is 18.1 Å². The van der Waals surface area contributed by atoms with Crippen LogP contribution in [0.1, 0.15) is 24.4 Å². The lowest BCUT2D eigenvalue weighted by Gasteiger charge is -2.32. The predicted molar refractivity (Wildman–Crippen MR) is 99.8 cm³/mol. The average molecular weight is 403 g/mol. The Morgan fingerprint density at radius 1 is 1.25 bits per heavy atom. The Morgan fingerprint density at radius 2 is 2.04 bits per heavy atom. The molecule has 0 unspecified atom stereocenters. The van der Waals surface area contributed by atoms with Gasteiger partial charge in [0.1, 0.15) is 6.04 Å². The summed E-state index contributed by atoms with van der Waals surface area (Å²) in [6.45, 7) is 2.73. The van der Waals surface area contributed by atoms with Gasteiger partial charge in [-0.1, -0.05) is 24.2 Å². The normalized spacial score (nSPS) is 18.4. The van der Waals surface area contributed by atoms with Crippen molar-refractivity contribution < 1.29 is 17.7 Å². The van der Waals surface area contributed by atoms with Gasteiger partial charge in [0.05, 0.1) is 29.9 Å². The minimum atomic E-state index is -3.72. The number of hydrogen-bond donors (Lipinski definition) is 0. The van der Waals surface area contributed by atoms with Crippen molar-refractivity contribution in [3.05, 3.63) is 48.0 Å². The van der Waals surface area contributed by atoms with E-state index in [-0.39, 0.29) is 23.9 Å². The predicted octanol–water partition coefficient (Wildman–Crippen LogP) is 1.79. The van der Waals surface area contributed by atoms with Crippen LogP contribution in [0.5, 0.6) is 0 Å². The maximum Gasteiger partial charge on any atom is 0.261 e. The van der Waals surface area contributed by atoms with Gasteiger partial charge in [-0.25, -0.2) is 8.42 Å². The summed E-state index contributed by atoms with van der Waals surface area (Å²) in [6, 6.07) is 6.28. The summed E-state index contributed by atoms with van der Waals surface area (Å²) in [7, 11) is -1.93. The van der Waals surface area contributed by atoms with E-state index >= 15 is 0 Å². The molecule has 10 heteroatoms. The van der Waals surface area contributed by atoms with Gasteiger partial charge in [-0.15, -0.1) is 0 Å². The number of nitrogens with zero attached hydrogens (tertiary/aromatic N) is 5. The van der Waals surface area contributed by atoms with Gasteiger partial charge in [-0.2, -0.15) is 14.4 Å². The first kappa shape index (κ1) is 18.8. The van der Waals surface area contributed by atoms with E-state index in [0.717, 1.165) is 12.0 Å². The highest BCUT2D eigenvalue weighted by Crippen LogP contribution is 2.30. The van der Waals surface area contributed by atoms with Crippen molar-refractivity contribution in [2.75, 3.05) is 19.8 Å². The zero-order valence-electron chi connectivity index (χ0n) is 15.6. The fraction of sp³-hybridized carbons (Fsp3) is 0.389. The lowest BCUT2D eigenvalue weighted by atomic mass is 10.2. The summed E-state index contributed by atoms with van der Waals surface area (Å²) in [5, 5.41) is 8.08. The van der Waals surface area contributed by atoms with Crippen LogP contribution in [0.2, 0.25) is 0 Å². The molecule has 1 aromatic carbocycles. The van der Waals surface area contributed by atoms with Crippen LogP contribution in [0, 0.1) is 0 Å². The summed E-state index contributed by atoms with van der Waals surface area (Å²) in [5.74, 6) is 0.561. The zero-order valence-corrected chi connectivity index (χ0v) is 16.5. The van der Waals surface area contributed by atoms with Crippen molar-refractivity contribution in [2.45, 2.75) is 24.3 Å². The third-order valence-corrected chi connectivity index (χ3v) is 6.63. The Kier molecular flexibility index (Phi) is 5.00. The Labute approximate surface area is 163 Å². The molecule has 0 saturated carbocycles. The highest BCUT2D eigenvalue weighted by molar-refractivity contribution is 7.89. The molecule has 0 spiro atoms. The van der Waals surface area contributed by atoms with E-state index in [4.69, 9.17) is 9.26 Å². The summed E-state index contributed by atoms with van der Waals surface area (Å²) < 4.78 is 40.3. The van der Waals surface area contributed by atoms with Crippen LogP contribution < -0.4 is 0 Å². The maximum absolute atomic E-state index is 13.2. The molecule has 0 amide bonds. The van der Waals surface area contributed by atoms with Crippen LogP contribution in [0.25, 0.3) is 11.5 Å². The van der Waals surface area contributed by atoms with Gasteiger partial charge in [-0.3, -0.25) is 4.68 Å². The highest BCUT2D eigenvalue weighted by Gasteiger charge is 2.37. The van der Waals surface area contributed by atoms with E-state index in [2.05, 4.69) is 15.2 Å². The van der Waals surface area contributed by atoms with Gasteiger partial charge in [0.25, 0.3) is 5.89 Å². The molecule has 1 fully saturated rings. The van der Waals surface area contributed by atoms with E-state index in [1.807, 2.05) is 19.1 Å². The third kappa shape index (κ3) is 3.46. The summed E-state index contributed by atoms with van der Waals surface area (Å²) in [4.78, 5) is 4.63. The number of benzene rings is 1. The number of rotatable bonds is 5. The van der Waals surface area contributed by atoms with Crippen LogP contribution in [-0.4, -0.2) is 52.4 Å². The number of hydrogen-bond acceptors (Lipinski definition) is 7. The van der Waals surface area contributed by atoms with Crippen LogP contribution in [0.3, 0.4) is 0 Å². The summed E-state index contributed by atoms with van der Waals surface area (Å²) >= 11 is 0. The first-order valence-electron chi connectivity index (χ1n) is 9.00. The second-order valence-corrected chi connectivity index (χ2v) is 8.45.